The summed E-state index contributed by atoms with van der Waals surface area (Å²) in [5.74, 6) is 0.317. The van der Waals surface area contributed by atoms with Gasteiger partial charge < -0.3 is 4.74 Å². The summed E-state index contributed by atoms with van der Waals surface area (Å²) in [5.41, 5.74) is 1.32. The van der Waals surface area contributed by atoms with Crippen LogP contribution in [0.25, 0.3) is 0 Å². The summed E-state index contributed by atoms with van der Waals surface area (Å²) >= 11 is 1.58. The number of rotatable bonds is 5. The van der Waals surface area contributed by atoms with E-state index in [1.54, 1.807) is 16.0 Å². The van der Waals surface area contributed by atoms with Crippen LogP contribution in [0.4, 0.5) is 0 Å². The van der Waals surface area contributed by atoms with E-state index in [-0.39, 0.29) is 12.6 Å². The molecule has 0 fully saturated rings. The average molecular weight is 320 g/mol. The number of fused-ring (bicyclic) bond motifs is 1. The highest BCUT2D eigenvalue weighted by Crippen LogP contribution is 2.29. The van der Waals surface area contributed by atoms with Crippen molar-refractivity contribution >= 4 is 17.3 Å². The Morgan fingerprint density at radius 2 is 2.23 bits per heavy atom. The lowest BCUT2D eigenvalue weighted by atomic mass is 10.1. The quantitative estimate of drug-likeness (QED) is 0.626. The molecule has 1 aliphatic rings. The molecule has 6 nitrogen and oxygen atoms in total. The Hall–Kier alpha value is -1.76. The summed E-state index contributed by atoms with van der Waals surface area (Å²) < 4.78 is 7.05. The second-order valence-corrected chi connectivity index (χ2v) is 6.65. The molecule has 2 aromatic rings. The first kappa shape index (κ1) is 15.1. The highest BCUT2D eigenvalue weighted by atomic mass is 32.1. The minimum Gasteiger partial charge on any atom is -0.453 e. The van der Waals surface area contributed by atoms with Gasteiger partial charge in [-0.05, 0) is 54.2 Å². The van der Waals surface area contributed by atoms with E-state index in [1.165, 1.54) is 29.7 Å². The molecule has 7 heteroatoms. The maximum absolute atomic E-state index is 12.2. The Balaban J connectivity index is 1.63. The molecule has 118 valence electrons. The summed E-state index contributed by atoms with van der Waals surface area (Å²) in [6.07, 6.45) is 6.80. The number of tetrazole rings is 1. The van der Waals surface area contributed by atoms with Gasteiger partial charge in [-0.2, -0.15) is 0 Å². The van der Waals surface area contributed by atoms with E-state index in [9.17, 15) is 4.79 Å². The average Bonchev–Trinajstić information content (AvgIpc) is 3.07. The summed E-state index contributed by atoms with van der Waals surface area (Å²) in [7, 11) is 0. The predicted molar refractivity (Wildman–Crippen MR) is 82.8 cm³/mol. The molecule has 0 unspecified atom stereocenters. The molecule has 0 spiro atoms. The number of carbonyl (C=O) groups excluding carboxylic acids is 1. The van der Waals surface area contributed by atoms with Gasteiger partial charge in [0.2, 0.25) is 0 Å². The molecule has 0 atom stereocenters. The number of carbonyl (C=O) groups is 1. The summed E-state index contributed by atoms with van der Waals surface area (Å²) in [6, 6.07) is 2.00. The van der Waals surface area contributed by atoms with E-state index < -0.39 is 0 Å². The molecule has 2 heterocycles. The number of hydrogen-bond acceptors (Lipinski definition) is 6. The maximum Gasteiger partial charge on any atom is 0.348 e. The van der Waals surface area contributed by atoms with Gasteiger partial charge in [0.05, 0.1) is 0 Å². The van der Waals surface area contributed by atoms with Crippen LogP contribution in [0.3, 0.4) is 0 Å². The number of hydrogen-bond donors (Lipinski definition) is 0. The van der Waals surface area contributed by atoms with E-state index in [4.69, 9.17) is 4.74 Å². The molecule has 3 rings (SSSR count). The number of nitrogens with zero attached hydrogens (tertiary/aromatic N) is 4. The van der Waals surface area contributed by atoms with Gasteiger partial charge in [-0.25, -0.2) is 9.48 Å². The van der Waals surface area contributed by atoms with Crippen molar-refractivity contribution in [2.24, 2.45) is 0 Å². The molecular formula is C15H20N4O2S. The van der Waals surface area contributed by atoms with Crippen molar-refractivity contribution < 1.29 is 9.53 Å². The van der Waals surface area contributed by atoms with Crippen LogP contribution in [0.2, 0.25) is 0 Å². The van der Waals surface area contributed by atoms with Gasteiger partial charge in [0.25, 0.3) is 0 Å². The van der Waals surface area contributed by atoms with Crippen LogP contribution in [0.5, 0.6) is 0 Å². The minimum atomic E-state index is -0.274. The zero-order valence-corrected chi connectivity index (χ0v) is 13.6. The monoisotopic (exact) mass is 320 g/mol. The van der Waals surface area contributed by atoms with Crippen molar-refractivity contribution in [3.63, 3.8) is 0 Å². The Kier molecular flexibility index (Phi) is 4.82. The van der Waals surface area contributed by atoms with Gasteiger partial charge in [0, 0.05) is 11.4 Å². The highest BCUT2D eigenvalue weighted by molar-refractivity contribution is 7.14. The largest absolute Gasteiger partial charge is 0.453 e. The molecular weight excluding hydrogens is 300 g/mol. The molecule has 1 aliphatic carbocycles. The second-order valence-electron chi connectivity index (χ2n) is 5.51. The Labute approximate surface area is 133 Å². The molecule has 0 aliphatic heterocycles. The minimum absolute atomic E-state index is 0.119. The van der Waals surface area contributed by atoms with Crippen LogP contribution in [-0.2, 0) is 30.7 Å². The molecule has 2 aromatic heterocycles. The van der Waals surface area contributed by atoms with Crippen molar-refractivity contribution in [2.75, 3.05) is 0 Å². The fourth-order valence-corrected chi connectivity index (χ4v) is 3.83. The molecule has 0 aromatic carbocycles. The normalized spacial score (nSPS) is 14.4. The van der Waals surface area contributed by atoms with Crippen LogP contribution in [0, 0.1) is 0 Å². The smallest absolute Gasteiger partial charge is 0.348 e. The first-order valence-corrected chi connectivity index (χ1v) is 8.63. The lowest BCUT2D eigenvalue weighted by Gasteiger charge is -2.03. The third-order valence-electron chi connectivity index (χ3n) is 3.82. The zero-order chi connectivity index (χ0) is 15.4. The van der Waals surface area contributed by atoms with Crippen molar-refractivity contribution in [2.45, 2.75) is 58.6 Å². The van der Waals surface area contributed by atoms with E-state index in [1.807, 2.05) is 6.07 Å². The van der Waals surface area contributed by atoms with Crippen LogP contribution in [0.15, 0.2) is 6.07 Å². The van der Waals surface area contributed by atoms with Crippen molar-refractivity contribution in [1.29, 1.82) is 0 Å². The van der Waals surface area contributed by atoms with Gasteiger partial charge in [-0.1, -0.05) is 13.3 Å². The maximum atomic E-state index is 12.2. The van der Waals surface area contributed by atoms with Crippen molar-refractivity contribution in [3.8, 4) is 0 Å². The van der Waals surface area contributed by atoms with Gasteiger partial charge in [0.1, 0.15) is 4.88 Å². The molecule has 0 amide bonds. The van der Waals surface area contributed by atoms with Gasteiger partial charge in [0.15, 0.2) is 12.4 Å². The van der Waals surface area contributed by atoms with E-state index >= 15 is 0 Å². The van der Waals surface area contributed by atoms with Crippen LogP contribution in [0.1, 0.15) is 58.5 Å². The molecule has 0 radical (unpaired) electrons. The zero-order valence-electron chi connectivity index (χ0n) is 12.7. The van der Waals surface area contributed by atoms with E-state index in [0.717, 1.165) is 25.8 Å². The van der Waals surface area contributed by atoms with Crippen molar-refractivity contribution in [3.05, 3.63) is 27.2 Å². The van der Waals surface area contributed by atoms with Crippen molar-refractivity contribution in [1.82, 2.24) is 20.2 Å². The summed E-state index contributed by atoms with van der Waals surface area (Å²) in [4.78, 5) is 14.3. The van der Waals surface area contributed by atoms with Crippen LogP contribution in [-0.4, -0.2) is 26.2 Å². The molecule has 0 bridgehead atoms. The Morgan fingerprint density at radius 1 is 1.36 bits per heavy atom. The van der Waals surface area contributed by atoms with Gasteiger partial charge in [-0.3, -0.25) is 0 Å². The third kappa shape index (κ3) is 3.35. The number of aryl methyl sites for hydroxylation is 3. The second kappa shape index (κ2) is 7.00. The fraction of sp³-hybridized carbons (Fsp3) is 0.600. The van der Waals surface area contributed by atoms with Gasteiger partial charge in [-0.15, -0.1) is 16.4 Å². The SMILES string of the molecule is CCCn1nnnc1COC(=O)c1cc2c(s1)CCCCC2. The standard InChI is InChI=1S/C15H20N4O2S/c1-2-8-19-14(16-17-18-19)10-21-15(20)13-9-11-6-4-3-5-7-12(11)22-13/h9H,2-8,10H2,1H3. The molecule has 0 saturated carbocycles. The fourth-order valence-electron chi connectivity index (χ4n) is 2.68. The lowest BCUT2D eigenvalue weighted by Crippen LogP contribution is -2.10. The summed E-state index contributed by atoms with van der Waals surface area (Å²) in [6.45, 7) is 2.90. The molecule has 22 heavy (non-hydrogen) atoms. The van der Waals surface area contributed by atoms with Crippen LogP contribution < -0.4 is 0 Å². The molecule has 0 saturated heterocycles. The number of aromatic nitrogens is 4. The predicted octanol–water partition coefficient (Wildman–Crippen LogP) is 2.77. The van der Waals surface area contributed by atoms with E-state index in [0.29, 0.717) is 10.7 Å². The third-order valence-corrected chi connectivity index (χ3v) is 5.04. The number of esters is 1. The molecule has 0 N–H and O–H groups in total. The lowest BCUT2D eigenvalue weighted by molar-refractivity contribution is 0.0462. The topological polar surface area (TPSA) is 69.9 Å². The van der Waals surface area contributed by atoms with E-state index in [2.05, 4.69) is 22.4 Å². The number of ether oxygens (including phenoxy) is 1. The first-order valence-electron chi connectivity index (χ1n) is 7.81. The van der Waals surface area contributed by atoms with Gasteiger partial charge >= 0.3 is 5.97 Å². The summed E-state index contributed by atoms with van der Waals surface area (Å²) in [5, 5.41) is 11.4. The number of thiophene rings is 1. The Morgan fingerprint density at radius 3 is 3.09 bits per heavy atom. The first-order chi connectivity index (χ1) is 10.8. The Bertz CT molecular complexity index is 626. The highest BCUT2D eigenvalue weighted by Gasteiger charge is 2.18. The van der Waals surface area contributed by atoms with Crippen LogP contribution >= 0.6 is 11.3 Å².